The summed E-state index contributed by atoms with van der Waals surface area (Å²) >= 11 is 12.5. The zero-order valence-corrected chi connectivity index (χ0v) is 13.1. The highest BCUT2D eigenvalue weighted by Gasteiger charge is 2.06. The van der Waals surface area contributed by atoms with E-state index >= 15 is 0 Å². The molecule has 0 amide bonds. The summed E-state index contributed by atoms with van der Waals surface area (Å²) in [6.07, 6.45) is 0. The van der Waals surface area contributed by atoms with Gasteiger partial charge in [0.2, 0.25) is 0 Å². The van der Waals surface area contributed by atoms with Gasteiger partial charge in [-0.25, -0.2) is 0 Å². The van der Waals surface area contributed by atoms with Gasteiger partial charge < -0.3 is 10.1 Å². The van der Waals surface area contributed by atoms with Crippen LogP contribution >= 0.6 is 23.2 Å². The summed E-state index contributed by atoms with van der Waals surface area (Å²) in [6.45, 7) is 3.77. The maximum atomic E-state index is 6.32. The lowest BCUT2D eigenvalue weighted by Crippen LogP contribution is -2.11. The molecule has 2 rings (SSSR count). The number of benzene rings is 2. The van der Waals surface area contributed by atoms with Gasteiger partial charge >= 0.3 is 0 Å². The van der Waals surface area contributed by atoms with E-state index in [2.05, 4.69) is 18.3 Å². The molecule has 0 atom stereocenters. The number of ether oxygens (including phenoxy) is 1. The monoisotopic (exact) mass is 309 g/mol. The molecule has 106 valence electrons. The minimum Gasteiger partial charge on any atom is -0.495 e. The minimum absolute atomic E-state index is 0.595. The summed E-state index contributed by atoms with van der Waals surface area (Å²) in [5.74, 6) is 0.672. The Bertz CT molecular complexity index is 599. The topological polar surface area (TPSA) is 21.3 Å². The zero-order valence-electron chi connectivity index (χ0n) is 11.5. The smallest absolute Gasteiger partial charge is 0.137 e. The SMILES string of the molecule is CCNCc1ccc(-c2ccc(OC)c(Cl)c2)cc1Cl. The molecule has 0 heterocycles. The first-order valence-corrected chi connectivity index (χ1v) is 7.24. The van der Waals surface area contributed by atoms with Crippen LogP contribution in [0.2, 0.25) is 10.0 Å². The van der Waals surface area contributed by atoms with E-state index in [9.17, 15) is 0 Å². The minimum atomic E-state index is 0.595. The van der Waals surface area contributed by atoms with Crippen molar-refractivity contribution >= 4 is 23.2 Å². The van der Waals surface area contributed by atoms with Crippen molar-refractivity contribution in [2.24, 2.45) is 0 Å². The van der Waals surface area contributed by atoms with Gasteiger partial charge in [-0.3, -0.25) is 0 Å². The molecular weight excluding hydrogens is 293 g/mol. The van der Waals surface area contributed by atoms with Gasteiger partial charge in [-0.2, -0.15) is 0 Å². The van der Waals surface area contributed by atoms with Crippen LogP contribution in [0.15, 0.2) is 36.4 Å². The normalized spacial score (nSPS) is 10.6. The van der Waals surface area contributed by atoms with E-state index in [0.717, 1.165) is 34.8 Å². The number of hydrogen-bond acceptors (Lipinski definition) is 2. The highest BCUT2D eigenvalue weighted by atomic mass is 35.5. The first-order chi connectivity index (χ1) is 9.65. The van der Waals surface area contributed by atoms with Crippen molar-refractivity contribution in [3.8, 4) is 16.9 Å². The Labute approximate surface area is 129 Å². The summed E-state index contributed by atoms with van der Waals surface area (Å²) in [6, 6.07) is 11.8. The highest BCUT2D eigenvalue weighted by molar-refractivity contribution is 6.32. The van der Waals surface area contributed by atoms with Gasteiger partial charge in [0.05, 0.1) is 12.1 Å². The van der Waals surface area contributed by atoms with Gasteiger partial charge in [0.15, 0.2) is 0 Å². The first-order valence-electron chi connectivity index (χ1n) is 6.48. The molecule has 4 heteroatoms. The van der Waals surface area contributed by atoms with Crippen molar-refractivity contribution in [3.05, 3.63) is 52.0 Å². The second kappa shape index (κ2) is 6.98. The molecule has 0 aliphatic carbocycles. The Morgan fingerprint density at radius 1 is 1.00 bits per heavy atom. The molecule has 0 fully saturated rings. The van der Waals surface area contributed by atoms with Gasteiger partial charge in [-0.1, -0.05) is 48.3 Å². The van der Waals surface area contributed by atoms with Gasteiger partial charge in [-0.15, -0.1) is 0 Å². The van der Waals surface area contributed by atoms with Gasteiger partial charge in [0.25, 0.3) is 0 Å². The maximum absolute atomic E-state index is 6.32. The predicted molar refractivity (Wildman–Crippen MR) is 85.8 cm³/mol. The number of nitrogens with one attached hydrogen (secondary N) is 1. The lowest BCUT2D eigenvalue weighted by atomic mass is 10.0. The van der Waals surface area contributed by atoms with E-state index in [1.165, 1.54) is 0 Å². The van der Waals surface area contributed by atoms with E-state index in [-0.39, 0.29) is 0 Å². The molecular formula is C16H17Cl2NO. The van der Waals surface area contributed by atoms with Gasteiger partial charge in [0.1, 0.15) is 5.75 Å². The second-order valence-electron chi connectivity index (χ2n) is 4.44. The highest BCUT2D eigenvalue weighted by Crippen LogP contribution is 2.32. The van der Waals surface area contributed by atoms with Crippen LogP contribution in [0.4, 0.5) is 0 Å². The first kappa shape index (κ1) is 15.2. The Morgan fingerprint density at radius 3 is 2.20 bits per heavy atom. The number of hydrogen-bond donors (Lipinski definition) is 1. The van der Waals surface area contributed by atoms with E-state index in [0.29, 0.717) is 10.8 Å². The molecule has 0 spiro atoms. The van der Waals surface area contributed by atoms with Crippen LogP contribution in [0.25, 0.3) is 11.1 Å². The van der Waals surface area contributed by atoms with E-state index in [4.69, 9.17) is 27.9 Å². The summed E-state index contributed by atoms with van der Waals surface area (Å²) in [4.78, 5) is 0. The standard InChI is InChI=1S/C16H17Cl2NO/c1-3-19-10-13-5-4-11(8-14(13)17)12-6-7-16(20-2)15(18)9-12/h4-9,19H,3,10H2,1-2H3. The number of halogens is 2. The van der Waals surface area contributed by atoms with Crippen LogP contribution < -0.4 is 10.1 Å². The number of methoxy groups -OCH3 is 1. The van der Waals surface area contributed by atoms with Crippen LogP contribution in [0.3, 0.4) is 0 Å². The predicted octanol–water partition coefficient (Wildman–Crippen LogP) is 4.78. The van der Waals surface area contributed by atoms with Gasteiger partial charge in [0, 0.05) is 11.6 Å². The van der Waals surface area contributed by atoms with Crippen molar-refractivity contribution in [2.45, 2.75) is 13.5 Å². The summed E-state index contributed by atoms with van der Waals surface area (Å²) < 4.78 is 5.16. The van der Waals surface area contributed by atoms with Crippen LogP contribution in [-0.4, -0.2) is 13.7 Å². The fraction of sp³-hybridized carbons (Fsp3) is 0.250. The molecule has 2 nitrogen and oxygen atoms in total. The molecule has 20 heavy (non-hydrogen) atoms. The Kier molecular flexibility index (Phi) is 5.30. The fourth-order valence-corrected chi connectivity index (χ4v) is 2.48. The maximum Gasteiger partial charge on any atom is 0.137 e. The third-order valence-electron chi connectivity index (χ3n) is 3.10. The average Bonchev–Trinajstić information content (AvgIpc) is 2.46. The van der Waals surface area contributed by atoms with Crippen LogP contribution in [-0.2, 0) is 6.54 Å². The molecule has 0 saturated carbocycles. The average molecular weight is 310 g/mol. The van der Waals surface area contributed by atoms with E-state index in [1.807, 2.05) is 30.3 Å². The Hall–Kier alpha value is -1.22. The van der Waals surface area contributed by atoms with E-state index < -0.39 is 0 Å². The Morgan fingerprint density at radius 2 is 1.65 bits per heavy atom. The van der Waals surface area contributed by atoms with Crippen molar-refractivity contribution in [3.63, 3.8) is 0 Å². The molecule has 2 aromatic carbocycles. The molecule has 0 unspecified atom stereocenters. The lowest BCUT2D eigenvalue weighted by molar-refractivity contribution is 0.415. The molecule has 0 aliphatic rings. The summed E-state index contributed by atoms with van der Waals surface area (Å²) in [5, 5.41) is 4.62. The number of rotatable bonds is 5. The molecule has 0 aromatic heterocycles. The Balaban J connectivity index is 2.29. The lowest BCUT2D eigenvalue weighted by Gasteiger charge is -2.09. The van der Waals surface area contributed by atoms with Crippen LogP contribution in [0.5, 0.6) is 5.75 Å². The summed E-state index contributed by atoms with van der Waals surface area (Å²) in [5.41, 5.74) is 3.16. The molecule has 0 radical (unpaired) electrons. The van der Waals surface area contributed by atoms with Crippen molar-refractivity contribution in [1.82, 2.24) is 5.32 Å². The molecule has 0 aliphatic heterocycles. The van der Waals surface area contributed by atoms with Gasteiger partial charge in [-0.05, 0) is 41.4 Å². The largest absolute Gasteiger partial charge is 0.495 e. The second-order valence-corrected chi connectivity index (χ2v) is 5.25. The third kappa shape index (κ3) is 3.45. The van der Waals surface area contributed by atoms with Crippen molar-refractivity contribution in [1.29, 1.82) is 0 Å². The molecule has 0 bridgehead atoms. The summed E-state index contributed by atoms with van der Waals surface area (Å²) in [7, 11) is 1.60. The van der Waals surface area contributed by atoms with Crippen molar-refractivity contribution in [2.75, 3.05) is 13.7 Å². The van der Waals surface area contributed by atoms with Crippen LogP contribution in [0.1, 0.15) is 12.5 Å². The quantitative estimate of drug-likeness (QED) is 0.858. The van der Waals surface area contributed by atoms with Crippen molar-refractivity contribution < 1.29 is 4.74 Å². The molecule has 2 aromatic rings. The third-order valence-corrected chi connectivity index (χ3v) is 3.75. The fourth-order valence-electron chi connectivity index (χ4n) is 1.98. The zero-order chi connectivity index (χ0) is 14.5. The molecule has 1 N–H and O–H groups in total. The van der Waals surface area contributed by atoms with E-state index in [1.54, 1.807) is 7.11 Å². The van der Waals surface area contributed by atoms with Crippen LogP contribution in [0, 0.1) is 0 Å². The molecule has 0 saturated heterocycles.